The summed E-state index contributed by atoms with van der Waals surface area (Å²) >= 11 is 0. The Kier molecular flexibility index (Phi) is 4.28. The normalized spacial score (nSPS) is 19.1. The molecule has 0 bridgehead atoms. The molecule has 1 aromatic rings. The minimum absolute atomic E-state index is 0. The first-order chi connectivity index (χ1) is 9.08. The molecule has 1 unspecified atom stereocenters. The predicted molar refractivity (Wildman–Crippen MR) is 84.2 cm³/mol. The molecule has 3 rings (SSSR count). The summed E-state index contributed by atoms with van der Waals surface area (Å²) in [5.74, 6) is 0.887. The number of halogens is 1. The van der Waals surface area contributed by atoms with Gasteiger partial charge in [0.05, 0.1) is 0 Å². The van der Waals surface area contributed by atoms with Crippen molar-refractivity contribution < 1.29 is 4.79 Å². The van der Waals surface area contributed by atoms with Crippen molar-refractivity contribution in [1.82, 2.24) is 4.90 Å². The molecule has 2 saturated carbocycles. The molecule has 0 aliphatic heterocycles. The Morgan fingerprint density at radius 3 is 2.50 bits per heavy atom. The van der Waals surface area contributed by atoms with Crippen LogP contribution in [0.1, 0.15) is 48.5 Å². The van der Waals surface area contributed by atoms with E-state index in [1.165, 1.54) is 12.8 Å². The van der Waals surface area contributed by atoms with Crippen molar-refractivity contribution in [2.24, 2.45) is 5.92 Å². The summed E-state index contributed by atoms with van der Waals surface area (Å²) in [6.07, 6.45) is 4.86. The van der Waals surface area contributed by atoms with Crippen LogP contribution < -0.4 is 5.73 Å². The van der Waals surface area contributed by atoms with Crippen LogP contribution in [0, 0.1) is 12.8 Å². The third-order valence-electron chi connectivity index (χ3n) is 4.41. The van der Waals surface area contributed by atoms with Crippen LogP contribution in [0.25, 0.3) is 0 Å². The van der Waals surface area contributed by atoms with E-state index in [4.69, 9.17) is 5.73 Å². The average Bonchev–Trinajstić information content (AvgIpc) is 3.24. The van der Waals surface area contributed by atoms with Gasteiger partial charge in [0.25, 0.3) is 5.91 Å². The number of nitrogens with two attached hydrogens (primary N) is 1. The maximum absolute atomic E-state index is 12.8. The van der Waals surface area contributed by atoms with E-state index in [1.807, 2.05) is 25.1 Å². The zero-order valence-corrected chi connectivity index (χ0v) is 13.0. The van der Waals surface area contributed by atoms with Crippen LogP contribution in [0.2, 0.25) is 0 Å². The first-order valence-corrected chi connectivity index (χ1v) is 7.26. The minimum Gasteiger partial charge on any atom is -0.399 e. The number of carbonyl (C=O) groups excluding carboxylic acids is 1. The maximum Gasteiger partial charge on any atom is 0.254 e. The van der Waals surface area contributed by atoms with Gasteiger partial charge in [-0.2, -0.15) is 0 Å². The summed E-state index contributed by atoms with van der Waals surface area (Å²) in [5, 5.41) is 0. The van der Waals surface area contributed by atoms with Gasteiger partial charge in [0, 0.05) is 23.3 Å². The number of nitrogen functional groups attached to an aromatic ring is 1. The van der Waals surface area contributed by atoms with E-state index < -0.39 is 0 Å². The Morgan fingerprint density at radius 2 is 1.95 bits per heavy atom. The van der Waals surface area contributed by atoms with E-state index in [2.05, 4.69) is 11.8 Å². The van der Waals surface area contributed by atoms with Crippen LogP contribution in [-0.2, 0) is 0 Å². The first kappa shape index (κ1) is 15.2. The van der Waals surface area contributed by atoms with Crippen molar-refractivity contribution in [1.29, 1.82) is 0 Å². The van der Waals surface area contributed by atoms with Crippen molar-refractivity contribution in [3.05, 3.63) is 29.3 Å². The van der Waals surface area contributed by atoms with Gasteiger partial charge in [-0.05, 0) is 63.1 Å². The molecule has 2 fully saturated rings. The largest absolute Gasteiger partial charge is 0.399 e. The van der Waals surface area contributed by atoms with Gasteiger partial charge in [-0.1, -0.05) is 6.07 Å². The number of benzene rings is 1. The fourth-order valence-electron chi connectivity index (χ4n) is 2.85. The summed E-state index contributed by atoms with van der Waals surface area (Å²) in [4.78, 5) is 15.0. The van der Waals surface area contributed by atoms with Gasteiger partial charge in [0.2, 0.25) is 0 Å². The molecule has 2 aliphatic carbocycles. The molecule has 3 nitrogen and oxygen atoms in total. The van der Waals surface area contributed by atoms with Crippen LogP contribution in [0.4, 0.5) is 5.69 Å². The highest BCUT2D eigenvalue weighted by atomic mass is 35.5. The highest BCUT2D eigenvalue weighted by molar-refractivity contribution is 5.97. The Bertz CT molecular complexity index is 509. The molecule has 0 radical (unpaired) electrons. The molecular formula is C16H23ClN2O. The average molecular weight is 295 g/mol. The Labute approximate surface area is 126 Å². The zero-order valence-electron chi connectivity index (χ0n) is 12.1. The second-order valence-electron chi connectivity index (χ2n) is 6.10. The highest BCUT2D eigenvalue weighted by Gasteiger charge is 2.42. The smallest absolute Gasteiger partial charge is 0.254 e. The van der Waals surface area contributed by atoms with Crippen molar-refractivity contribution in [2.75, 3.05) is 5.73 Å². The van der Waals surface area contributed by atoms with Gasteiger partial charge in [-0.15, -0.1) is 12.4 Å². The lowest BCUT2D eigenvalue weighted by molar-refractivity contribution is 0.0653. The van der Waals surface area contributed by atoms with E-state index in [0.29, 0.717) is 23.7 Å². The van der Waals surface area contributed by atoms with Crippen LogP contribution in [0.15, 0.2) is 18.2 Å². The van der Waals surface area contributed by atoms with E-state index in [0.717, 1.165) is 24.0 Å². The SMILES string of the molecule is Cc1ccc(N)cc1C(=O)N(C1CC1)C(C)C1CC1.Cl. The molecule has 20 heavy (non-hydrogen) atoms. The number of rotatable bonds is 4. The second-order valence-corrected chi connectivity index (χ2v) is 6.10. The number of aryl methyl sites for hydroxylation is 1. The highest BCUT2D eigenvalue weighted by Crippen LogP contribution is 2.40. The third kappa shape index (κ3) is 2.93. The molecular weight excluding hydrogens is 272 g/mol. The fourth-order valence-corrected chi connectivity index (χ4v) is 2.85. The lowest BCUT2D eigenvalue weighted by atomic mass is 10.0. The molecule has 1 atom stereocenters. The van der Waals surface area contributed by atoms with E-state index in [-0.39, 0.29) is 18.3 Å². The summed E-state index contributed by atoms with van der Waals surface area (Å²) in [6.45, 7) is 4.19. The Hall–Kier alpha value is -1.22. The van der Waals surface area contributed by atoms with E-state index >= 15 is 0 Å². The molecule has 0 spiro atoms. The number of nitrogens with zero attached hydrogens (tertiary/aromatic N) is 1. The Balaban J connectivity index is 0.00000147. The molecule has 2 aliphatic rings. The molecule has 0 saturated heterocycles. The summed E-state index contributed by atoms with van der Waals surface area (Å²) in [7, 11) is 0. The topological polar surface area (TPSA) is 46.3 Å². The van der Waals surface area contributed by atoms with Gasteiger partial charge < -0.3 is 10.6 Å². The van der Waals surface area contributed by atoms with Crippen LogP contribution in [-0.4, -0.2) is 22.9 Å². The quantitative estimate of drug-likeness (QED) is 0.865. The maximum atomic E-state index is 12.8. The Morgan fingerprint density at radius 1 is 1.30 bits per heavy atom. The number of carbonyl (C=O) groups is 1. The summed E-state index contributed by atoms with van der Waals surface area (Å²) in [5.41, 5.74) is 8.30. The third-order valence-corrected chi connectivity index (χ3v) is 4.41. The minimum atomic E-state index is 0. The molecule has 110 valence electrons. The van der Waals surface area contributed by atoms with Crippen LogP contribution in [0.3, 0.4) is 0 Å². The summed E-state index contributed by atoms with van der Waals surface area (Å²) < 4.78 is 0. The molecule has 1 amide bonds. The fraction of sp³-hybridized carbons (Fsp3) is 0.562. The van der Waals surface area contributed by atoms with Crippen molar-refractivity contribution >= 4 is 24.0 Å². The monoisotopic (exact) mass is 294 g/mol. The van der Waals surface area contributed by atoms with Gasteiger partial charge in [-0.25, -0.2) is 0 Å². The van der Waals surface area contributed by atoms with E-state index in [1.54, 1.807) is 0 Å². The molecule has 0 heterocycles. The van der Waals surface area contributed by atoms with Gasteiger partial charge >= 0.3 is 0 Å². The zero-order chi connectivity index (χ0) is 13.6. The number of amides is 1. The second kappa shape index (κ2) is 5.65. The number of anilines is 1. The van der Waals surface area contributed by atoms with Crippen molar-refractivity contribution in [3.8, 4) is 0 Å². The first-order valence-electron chi connectivity index (χ1n) is 7.26. The lowest BCUT2D eigenvalue weighted by Crippen LogP contribution is -2.41. The van der Waals surface area contributed by atoms with Gasteiger partial charge in [0.1, 0.15) is 0 Å². The van der Waals surface area contributed by atoms with Gasteiger partial charge in [0.15, 0.2) is 0 Å². The van der Waals surface area contributed by atoms with Crippen molar-refractivity contribution in [2.45, 2.75) is 51.6 Å². The van der Waals surface area contributed by atoms with Gasteiger partial charge in [-0.3, -0.25) is 4.79 Å². The van der Waals surface area contributed by atoms with Crippen LogP contribution >= 0.6 is 12.4 Å². The molecule has 1 aromatic carbocycles. The van der Waals surface area contributed by atoms with Crippen molar-refractivity contribution in [3.63, 3.8) is 0 Å². The van der Waals surface area contributed by atoms with E-state index in [9.17, 15) is 4.79 Å². The summed E-state index contributed by atoms with van der Waals surface area (Å²) in [6, 6.07) is 6.46. The number of hydrogen-bond acceptors (Lipinski definition) is 2. The molecule has 4 heteroatoms. The number of hydrogen-bond donors (Lipinski definition) is 1. The standard InChI is InChI=1S/C16H22N2O.ClH/c1-10-3-6-13(17)9-15(10)16(19)18(14-7-8-14)11(2)12-4-5-12;/h3,6,9,11-12,14H,4-5,7-8,17H2,1-2H3;1H. The molecule has 0 aromatic heterocycles. The predicted octanol–water partition coefficient (Wildman–Crippen LogP) is 3.40. The molecule has 2 N–H and O–H groups in total. The van der Waals surface area contributed by atoms with Crippen LogP contribution in [0.5, 0.6) is 0 Å². The lowest BCUT2D eigenvalue weighted by Gasteiger charge is -2.30.